The van der Waals surface area contributed by atoms with E-state index < -0.39 is 0 Å². The van der Waals surface area contributed by atoms with Gasteiger partial charge in [-0.15, -0.1) is 0 Å². The fourth-order valence-corrected chi connectivity index (χ4v) is 1.62. The van der Waals surface area contributed by atoms with Crippen molar-refractivity contribution in [3.05, 3.63) is 33.7 Å². The number of carbonyl (C=O) groups excluding carboxylic acids is 1. The van der Waals surface area contributed by atoms with Crippen molar-refractivity contribution >= 4 is 5.91 Å². The molecule has 0 radical (unpaired) electrons. The Labute approximate surface area is 118 Å². The molecule has 6 heteroatoms. The van der Waals surface area contributed by atoms with E-state index in [2.05, 4.69) is 10.3 Å². The normalized spacial score (nSPS) is 10.5. The van der Waals surface area contributed by atoms with Crippen LogP contribution in [0.2, 0.25) is 0 Å². The van der Waals surface area contributed by atoms with E-state index >= 15 is 0 Å². The molecule has 112 valence electrons. The highest BCUT2D eigenvalue weighted by Gasteiger charge is 2.08. The lowest BCUT2D eigenvalue weighted by Crippen LogP contribution is -2.29. The Morgan fingerprint density at radius 2 is 2.10 bits per heavy atom. The van der Waals surface area contributed by atoms with Crippen molar-refractivity contribution in [3.63, 3.8) is 0 Å². The molecule has 0 aliphatic heterocycles. The van der Waals surface area contributed by atoms with Gasteiger partial charge in [-0.1, -0.05) is 0 Å². The van der Waals surface area contributed by atoms with Crippen molar-refractivity contribution in [1.29, 1.82) is 0 Å². The van der Waals surface area contributed by atoms with E-state index in [0.29, 0.717) is 26.4 Å². The van der Waals surface area contributed by atoms with E-state index in [4.69, 9.17) is 9.47 Å². The number of nitrogens with one attached hydrogen (secondary N) is 2. The van der Waals surface area contributed by atoms with Gasteiger partial charge < -0.3 is 19.8 Å². The van der Waals surface area contributed by atoms with Crippen LogP contribution in [-0.2, 0) is 9.47 Å². The fraction of sp³-hybridized carbons (Fsp3) is 0.571. The molecule has 1 amide bonds. The molecule has 6 nitrogen and oxygen atoms in total. The molecule has 1 aromatic rings. The van der Waals surface area contributed by atoms with Gasteiger partial charge in [0.1, 0.15) is 5.56 Å². The van der Waals surface area contributed by atoms with Gasteiger partial charge in [-0.25, -0.2) is 0 Å². The van der Waals surface area contributed by atoms with Gasteiger partial charge >= 0.3 is 0 Å². The van der Waals surface area contributed by atoms with E-state index in [1.807, 2.05) is 0 Å². The molecule has 1 rings (SSSR count). The zero-order valence-corrected chi connectivity index (χ0v) is 12.0. The maximum absolute atomic E-state index is 11.8. The molecule has 0 aliphatic carbocycles. The smallest absolute Gasteiger partial charge is 0.256 e. The van der Waals surface area contributed by atoms with Gasteiger partial charge in [0.2, 0.25) is 0 Å². The highest BCUT2D eigenvalue weighted by atomic mass is 16.5. The van der Waals surface area contributed by atoms with Gasteiger partial charge in [0.05, 0.1) is 13.2 Å². The van der Waals surface area contributed by atoms with Crippen LogP contribution >= 0.6 is 0 Å². The molecule has 0 unspecified atom stereocenters. The molecule has 20 heavy (non-hydrogen) atoms. The number of aryl methyl sites for hydroxylation is 1. The molecule has 0 bridgehead atoms. The van der Waals surface area contributed by atoms with E-state index in [9.17, 15) is 9.59 Å². The Morgan fingerprint density at radius 1 is 1.30 bits per heavy atom. The summed E-state index contributed by atoms with van der Waals surface area (Å²) in [7, 11) is 1.63. The van der Waals surface area contributed by atoms with Crippen molar-refractivity contribution < 1.29 is 14.3 Å². The first-order valence-corrected chi connectivity index (χ1v) is 6.69. The van der Waals surface area contributed by atoms with Crippen LogP contribution < -0.4 is 10.7 Å². The van der Waals surface area contributed by atoms with Crippen molar-refractivity contribution in [3.8, 4) is 0 Å². The lowest BCUT2D eigenvalue weighted by Gasteiger charge is -2.06. The third kappa shape index (κ3) is 5.99. The molecule has 0 aromatic carbocycles. The van der Waals surface area contributed by atoms with Crippen LogP contribution in [0.5, 0.6) is 0 Å². The Kier molecular flexibility index (Phi) is 7.60. The first-order chi connectivity index (χ1) is 9.65. The third-order valence-electron chi connectivity index (χ3n) is 2.73. The van der Waals surface area contributed by atoms with Gasteiger partial charge in [0, 0.05) is 38.2 Å². The summed E-state index contributed by atoms with van der Waals surface area (Å²) < 4.78 is 10.2. The van der Waals surface area contributed by atoms with Crippen molar-refractivity contribution in [2.45, 2.75) is 19.8 Å². The van der Waals surface area contributed by atoms with Crippen molar-refractivity contribution in [1.82, 2.24) is 10.3 Å². The number of amides is 1. The number of rotatable bonds is 9. The molecule has 0 fully saturated rings. The lowest BCUT2D eigenvalue weighted by molar-refractivity contribution is 0.0686. The quantitative estimate of drug-likeness (QED) is 0.658. The number of aromatic nitrogens is 1. The Hall–Kier alpha value is -1.66. The van der Waals surface area contributed by atoms with E-state index in [1.165, 1.54) is 12.3 Å². The van der Waals surface area contributed by atoms with Crippen LogP contribution in [0, 0.1) is 6.92 Å². The minimum absolute atomic E-state index is 0.145. The number of carbonyl (C=O) groups is 1. The van der Waals surface area contributed by atoms with Crippen molar-refractivity contribution in [2.75, 3.05) is 33.5 Å². The van der Waals surface area contributed by atoms with Crippen LogP contribution in [0.15, 0.2) is 17.1 Å². The zero-order valence-electron chi connectivity index (χ0n) is 12.0. The summed E-state index contributed by atoms with van der Waals surface area (Å²) >= 11 is 0. The second-order valence-corrected chi connectivity index (χ2v) is 4.46. The summed E-state index contributed by atoms with van der Waals surface area (Å²) in [6.45, 7) is 4.12. The summed E-state index contributed by atoms with van der Waals surface area (Å²) in [6.07, 6.45) is 3.11. The maximum atomic E-state index is 11.8. The minimum atomic E-state index is -0.341. The maximum Gasteiger partial charge on any atom is 0.256 e. The number of unbranched alkanes of at least 4 members (excludes halogenated alkanes) is 1. The first-order valence-electron chi connectivity index (χ1n) is 6.69. The standard InChI is InChI=1S/C14H22N2O4/c1-11-9-13(17)12(10-16-11)14(18)15-5-3-4-6-20-8-7-19-2/h9-10H,3-8H2,1-2H3,(H,15,18)(H,16,17). The number of methoxy groups -OCH3 is 1. The van der Waals surface area contributed by atoms with Crippen LogP contribution in [0.25, 0.3) is 0 Å². The number of pyridine rings is 1. The Morgan fingerprint density at radius 3 is 2.80 bits per heavy atom. The predicted molar refractivity (Wildman–Crippen MR) is 76.1 cm³/mol. The number of ether oxygens (including phenoxy) is 2. The Balaban J connectivity index is 2.19. The van der Waals surface area contributed by atoms with Gasteiger partial charge in [0.15, 0.2) is 5.43 Å². The summed E-state index contributed by atoms with van der Waals surface area (Å²) in [5, 5.41) is 2.72. The van der Waals surface area contributed by atoms with E-state index in [1.54, 1.807) is 14.0 Å². The van der Waals surface area contributed by atoms with Crippen LogP contribution in [0.4, 0.5) is 0 Å². The first kappa shape index (κ1) is 16.4. The molecule has 1 aromatic heterocycles. The Bertz CT molecular complexity index is 470. The third-order valence-corrected chi connectivity index (χ3v) is 2.73. The monoisotopic (exact) mass is 282 g/mol. The summed E-state index contributed by atoms with van der Waals surface area (Å²) in [5.41, 5.74) is 0.619. The van der Waals surface area contributed by atoms with Crippen LogP contribution in [-0.4, -0.2) is 44.4 Å². The number of hydrogen-bond donors (Lipinski definition) is 2. The molecule has 0 saturated carbocycles. The van der Waals surface area contributed by atoms with Gasteiger partial charge in [0.25, 0.3) is 5.91 Å². The number of aromatic amines is 1. The highest BCUT2D eigenvalue weighted by Crippen LogP contribution is 1.94. The molecule has 1 heterocycles. The largest absolute Gasteiger partial charge is 0.382 e. The van der Waals surface area contributed by atoms with Gasteiger partial charge in [-0.2, -0.15) is 0 Å². The average molecular weight is 282 g/mol. The molecular formula is C14H22N2O4. The SMILES string of the molecule is COCCOCCCCNC(=O)c1c[nH]c(C)cc1=O. The topological polar surface area (TPSA) is 80.4 Å². The van der Waals surface area contributed by atoms with Crippen molar-refractivity contribution in [2.24, 2.45) is 0 Å². The summed E-state index contributed by atoms with van der Waals surface area (Å²) in [4.78, 5) is 26.2. The van der Waals surface area contributed by atoms with Gasteiger partial charge in [-0.3, -0.25) is 9.59 Å². The second-order valence-electron chi connectivity index (χ2n) is 4.46. The summed E-state index contributed by atoms with van der Waals surface area (Å²) in [5.74, 6) is -0.341. The molecule has 0 spiro atoms. The van der Waals surface area contributed by atoms with E-state index in [0.717, 1.165) is 18.5 Å². The molecule has 0 saturated heterocycles. The minimum Gasteiger partial charge on any atom is -0.382 e. The summed E-state index contributed by atoms with van der Waals surface area (Å²) in [6, 6.07) is 1.42. The number of H-pyrrole nitrogens is 1. The van der Waals surface area contributed by atoms with E-state index in [-0.39, 0.29) is 16.9 Å². The lowest BCUT2D eigenvalue weighted by atomic mass is 10.2. The fourth-order valence-electron chi connectivity index (χ4n) is 1.62. The average Bonchev–Trinajstić information content (AvgIpc) is 2.41. The second kappa shape index (κ2) is 9.28. The van der Waals surface area contributed by atoms with Gasteiger partial charge in [-0.05, 0) is 19.8 Å². The zero-order chi connectivity index (χ0) is 14.8. The molecule has 0 aliphatic rings. The van der Waals surface area contributed by atoms with Crippen LogP contribution in [0.1, 0.15) is 28.9 Å². The predicted octanol–water partition coefficient (Wildman–Crippen LogP) is 0.856. The molecule has 2 N–H and O–H groups in total. The number of hydrogen-bond acceptors (Lipinski definition) is 4. The molecule has 0 atom stereocenters. The van der Waals surface area contributed by atoms with Crippen LogP contribution in [0.3, 0.4) is 0 Å². The molecular weight excluding hydrogens is 260 g/mol. The highest BCUT2D eigenvalue weighted by molar-refractivity contribution is 5.93.